The molecule has 0 aliphatic carbocycles. The van der Waals surface area contributed by atoms with Crippen molar-refractivity contribution in [1.29, 1.82) is 0 Å². The van der Waals surface area contributed by atoms with Gasteiger partial charge in [0, 0.05) is 18.2 Å². The van der Waals surface area contributed by atoms with Crippen molar-refractivity contribution < 1.29 is 17.6 Å². The SMILES string of the molecule is C[C@@H]1CCCCN1S(=O)(=O)c1ccc(C(=O)Nc2ccccc2-c2nc3ccccc3o2)cc1. The van der Waals surface area contributed by atoms with Crippen LogP contribution in [0, 0.1) is 0 Å². The van der Waals surface area contributed by atoms with E-state index in [2.05, 4.69) is 10.3 Å². The molecule has 5 rings (SSSR count). The number of anilines is 1. The van der Waals surface area contributed by atoms with Crippen LogP contribution in [0.5, 0.6) is 0 Å². The molecular formula is C26H25N3O4S. The number of rotatable bonds is 5. The van der Waals surface area contributed by atoms with Crippen molar-refractivity contribution in [2.45, 2.75) is 37.1 Å². The Hall–Kier alpha value is -3.49. The third-order valence-electron chi connectivity index (χ3n) is 6.16. The quantitative estimate of drug-likeness (QED) is 0.422. The van der Waals surface area contributed by atoms with E-state index in [-0.39, 0.29) is 16.8 Å². The molecule has 1 fully saturated rings. The van der Waals surface area contributed by atoms with E-state index < -0.39 is 10.0 Å². The highest BCUT2D eigenvalue weighted by Crippen LogP contribution is 2.30. The number of hydrogen-bond acceptors (Lipinski definition) is 5. The molecule has 3 aromatic carbocycles. The molecule has 0 radical (unpaired) electrons. The Morgan fingerprint density at radius 2 is 1.74 bits per heavy atom. The molecule has 0 bridgehead atoms. The molecule has 2 heterocycles. The van der Waals surface area contributed by atoms with Crippen LogP contribution in [0.4, 0.5) is 5.69 Å². The number of nitrogens with one attached hydrogen (secondary N) is 1. The molecule has 4 aromatic rings. The number of benzene rings is 3. The van der Waals surface area contributed by atoms with E-state index in [0.29, 0.717) is 34.8 Å². The largest absolute Gasteiger partial charge is 0.436 e. The van der Waals surface area contributed by atoms with Crippen LogP contribution < -0.4 is 5.32 Å². The molecule has 1 N–H and O–H groups in total. The van der Waals surface area contributed by atoms with Crippen molar-refractivity contribution in [3.05, 3.63) is 78.4 Å². The van der Waals surface area contributed by atoms with Gasteiger partial charge in [-0.1, -0.05) is 30.7 Å². The molecule has 1 amide bonds. The molecule has 0 unspecified atom stereocenters. The van der Waals surface area contributed by atoms with Gasteiger partial charge in [-0.15, -0.1) is 0 Å². The highest BCUT2D eigenvalue weighted by atomic mass is 32.2. The number of hydrogen-bond donors (Lipinski definition) is 1. The maximum absolute atomic E-state index is 13.1. The summed E-state index contributed by atoms with van der Waals surface area (Å²) in [7, 11) is -3.59. The van der Waals surface area contributed by atoms with Gasteiger partial charge >= 0.3 is 0 Å². The standard InChI is InChI=1S/C26H25N3O4S/c1-18-8-6-7-17-29(18)34(31,32)20-15-13-19(14-16-20)25(30)27-22-10-3-2-9-21(22)26-28-23-11-4-5-12-24(23)33-26/h2-5,9-16,18H,6-8,17H2,1H3,(H,27,30)/t18-/m1/s1. The van der Waals surface area contributed by atoms with Gasteiger partial charge in [0.1, 0.15) is 5.52 Å². The van der Waals surface area contributed by atoms with Gasteiger partial charge in [-0.25, -0.2) is 13.4 Å². The molecule has 1 aliphatic rings. The van der Waals surface area contributed by atoms with Gasteiger partial charge in [-0.05, 0) is 68.3 Å². The van der Waals surface area contributed by atoms with Crippen LogP contribution in [-0.2, 0) is 10.0 Å². The number of oxazole rings is 1. The minimum absolute atomic E-state index is 0.0231. The highest BCUT2D eigenvalue weighted by Gasteiger charge is 2.31. The zero-order valence-corrected chi connectivity index (χ0v) is 19.6. The van der Waals surface area contributed by atoms with E-state index in [1.807, 2.05) is 49.4 Å². The summed E-state index contributed by atoms with van der Waals surface area (Å²) in [5, 5.41) is 2.90. The number of carbonyl (C=O) groups is 1. The lowest BCUT2D eigenvalue weighted by molar-refractivity contribution is 0.102. The second-order valence-electron chi connectivity index (χ2n) is 8.47. The molecule has 1 atom stereocenters. The number of fused-ring (bicyclic) bond motifs is 1. The monoisotopic (exact) mass is 475 g/mol. The lowest BCUT2D eigenvalue weighted by Gasteiger charge is -2.32. The van der Waals surface area contributed by atoms with E-state index in [9.17, 15) is 13.2 Å². The lowest BCUT2D eigenvalue weighted by atomic mass is 10.1. The average Bonchev–Trinajstić information content (AvgIpc) is 3.29. The van der Waals surface area contributed by atoms with Crippen molar-refractivity contribution >= 4 is 32.7 Å². The van der Waals surface area contributed by atoms with Gasteiger partial charge in [0.15, 0.2) is 5.58 Å². The summed E-state index contributed by atoms with van der Waals surface area (Å²) in [5.41, 5.74) is 2.97. The zero-order valence-electron chi connectivity index (χ0n) is 18.8. The summed E-state index contributed by atoms with van der Waals surface area (Å²) in [4.78, 5) is 17.7. The molecule has 8 heteroatoms. The topological polar surface area (TPSA) is 92.5 Å². The second kappa shape index (κ2) is 9.04. The van der Waals surface area contributed by atoms with E-state index >= 15 is 0 Å². The Balaban J connectivity index is 1.37. The fourth-order valence-corrected chi connectivity index (χ4v) is 6.00. The first-order chi connectivity index (χ1) is 16.4. The van der Waals surface area contributed by atoms with Crippen molar-refractivity contribution in [2.75, 3.05) is 11.9 Å². The van der Waals surface area contributed by atoms with Gasteiger partial charge in [-0.2, -0.15) is 4.31 Å². The Labute approximate surface area is 198 Å². The lowest BCUT2D eigenvalue weighted by Crippen LogP contribution is -2.41. The first-order valence-electron chi connectivity index (χ1n) is 11.3. The Kier molecular flexibility index (Phi) is 5.93. The summed E-state index contributed by atoms with van der Waals surface area (Å²) in [5.74, 6) is 0.0630. The van der Waals surface area contributed by atoms with E-state index in [1.165, 1.54) is 12.1 Å². The summed E-state index contributed by atoms with van der Waals surface area (Å²) in [6, 6.07) is 20.8. The van der Waals surface area contributed by atoms with Crippen molar-refractivity contribution in [1.82, 2.24) is 9.29 Å². The van der Waals surface area contributed by atoms with Gasteiger partial charge in [0.25, 0.3) is 5.91 Å². The van der Waals surface area contributed by atoms with Crippen LogP contribution >= 0.6 is 0 Å². The number of nitrogens with zero attached hydrogens (tertiary/aromatic N) is 2. The molecular weight excluding hydrogens is 450 g/mol. The van der Waals surface area contributed by atoms with Gasteiger partial charge < -0.3 is 9.73 Å². The Morgan fingerprint density at radius 1 is 1.00 bits per heavy atom. The average molecular weight is 476 g/mol. The molecule has 0 saturated carbocycles. The van der Waals surface area contributed by atoms with Gasteiger partial charge in [0.2, 0.25) is 15.9 Å². The molecule has 1 saturated heterocycles. The number of sulfonamides is 1. The molecule has 34 heavy (non-hydrogen) atoms. The fraction of sp³-hybridized carbons (Fsp3) is 0.231. The molecule has 174 valence electrons. The van der Waals surface area contributed by atoms with Crippen LogP contribution in [0.15, 0.2) is 82.1 Å². The first-order valence-corrected chi connectivity index (χ1v) is 12.8. The fourth-order valence-electron chi connectivity index (χ4n) is 4.30. The molecule has 1 aliphatic heterocycles. The smallest absolute Gasteiger partial charge is 0.255 e. The van der Waals surface area contributed by atoms with Gasteiger partial charge in [0.05, 0.1) is 16.1 Å². The van der Waals surface area contributed by atoms with Gasteiger partial charge in [-0.3, -0.25) is 4.79 Å². The predicted molar refractivity (Wildman–Crippen MR) is 131 cm³/mol. The van der Waals surface area contributed by atoms with E-state index in [1.54, 1.807) is 22.5 Å². The second-order valence-corrected chi connectivity index (χ2v) is 10.4. The van der Waals surface area contributed by atoms with E-state index in [0.717, 1.165) is 24.8 Å². The summed E-state index contributed by atoms with van der Waals surface area (Å²) < 4.78 is 33.5. The first kappa shape index (κ1) is 22.3. The van der Waals surface area contributed by atoms with Crippen LogP contribution in [-0.4, -0.2) is 36.2 Å². The normalized spacial score (nSPS) is 17.0. The molecule has 7 nitrogen and oxygen atoms in total. The number of para-hydroxylation sites is 3. The summed E-state index contributed by atoms with van der Waals surface area (Å²) >= 11 is 0. The highest BCUT2D eigenvalue weighted by molar-refractivity contribution is 7.89. The summed E-state index contributed by atoms with van der Waals surface area (Å²) in [6.45, 7) is 2.46. The maximum atomic E-state index is 13.1. The zero-order chi connectivity index (χ0) is 23.7. The van der Waals surface area contributed by atoms with Crippen molar-refractivity contribution in [3.8, 4) is 11.5 Å². The van der Waals surface area contributed by atoms with Crippen LogP contribution in [0.25, 0.3) is 22.6 Å². The third-order valence-corrected chi connectivity index (χ3v) is 8.19. The minimum Gasteiger partial charge on any atom is -0.436 e. The Bertz CT molecular complexity index is 1410. The van der Waals surface area contributed by atoms with E-state index in [4.69, 9.17) is 4.42 Å². The number of aromatic nitrogens is 1. The third kappa shape index (κ3) is 4.22. The van der Waals surface area contributed by atoms with Crippen molar-refractivity contribution in [3.63, 3.8) is 0 Å². The minimum atomic E-state index is -3.59. The maximum Gasteiger partial charge on any atom is 0.255 e. The molecule has 1 aromatic heterocycles. The number of amides is 1. The summed E-state index contributed by atoms with van der Waals surface area (Å²) in [6.07, 6.45) is 2.76. The van der Waals surface area contributed by atoms with Crippen molar-refractivity contribution in [2.24, 2.45) is 0 Å². The van der Waals surface area contributed by atoms with Crippen LogP contribution in [0.3, 0.4) is 0 Å². The van der Waals surface area contributed by atoms with Crippen LogP contribution in [0.1, 0.15) is 36.5 Å². The van der Waals surface area contributed by atoms with Crippen LogP contribution in [0.2, 0.25) is 0 Å². The molecule has 0 spiro atoms. The number of piperidine rings is 1. The predicted octanol–water partition coefficient (Wildman–Crippen LogP) is 5.31. The number of carbonyl (C=O) groups excluding carboxylic acids is 1. The Morgan fingerprint density at radius 3 is 2.50 bits per heavy atom.